The van der Waals surface area contributed by atoms with Crippen LogP contribution in [0, 0.1) is 34.5 Å². The van der Waals surface area contributed by atoms with E-state index in [9.17, 15) is 4.79 Å². The topological polar surface area (TPSA) is 17.1 Å². The minimum Gasteiger partial charge on any atom is -0.299 e. The molecule has 0 aromatic rings. The fourth-order valence-corrected chi connectivity index (χ4v) is 5.56. The number of ketones is 1. The highest BCUT2D eigenvalue weighted by atomic mass is 16.1. The third kappa shape index (κ3) is 1.48. The van der Waals surface area contributed by atoms with Crippen LogP contribution in [-0.2, 0) is 4.79 Å². The predicted molar refractivity (Wildman–Crippen MR) is 74.2 cm³/mol. The maximum Gasteiger partial charge on any atom is 0.139 e. The molecule has 0 aromatic carbocycles. The third-order valence-corrected chi connectivity index (χ3v) is 7.30. The Kier molecular flexibility index (Phi) is 2.70. The van der Waals surface area contributed by atoms with Crippen molar-refractivity contribution in [3.8, 4) is 0 Å². The molecule has 1 heteroatoms. The molecule has 0 aromatic heterocycles. The van der Waals surface area contributed by atoms with Gasteiger partial charge in [0.1, 0.15) is 5.78 Å². The molecular formula is C17H28O. The van der Waals surface area contributed by atoms with Crippen molar-refractivity contribution < 1.29 is 4.79 Å². The first-order valence-corrected chi connectivity index (χ1v) is 7.90. The lowest BCUT2D eigenvalue weighted by atomic mass is 9.48. The van der Waals surface area contributed by atoms with Gasteiger partial charge < -0.3 is 0 Å². The molecule has 0 N–H and O–H groups in total. The summed E-state index contributed by atoms with van der Waals surface area (Å²) in [5.74, 6) is 3.82. The summed E-state index contributed by atoms with van der Waals surface area (Å²) in [4.78, 5) is 12.2. The van der Waals surface area contributed by atoms with E-state index in [0.717, 1.165) is 30.6 Å². The molecule has 0 radical (unpaired) electrons. The molecule has 0 saturated heterocycles. The van der Waals surface area contributed by atoms with Gasteiger partial charge in [-0.1, -0.05) is 27.7 Å². The Hall–Kier alpha value is -0.330. The molecule has 3 aliphatic rings. The van der Waals surface area contributed by atoms with Crippen LogP contribution < -0.4 is 0 Å². The highest BCUT2D eigenvalue weighted by Gasteiger charge is 2.57. The lowest BCUT2D eigenvalue weighted by Gasteiger charge is -2.56. The molecule has 0 amide bonds. The van der Waals surface area contributed by atoms with Crippen LogP contribution in [0.3, 0.4) is 0 Å². The molecule has 3 saturated carbocycles. The summed E-state index contributed by atoms with van der Waals surface area (Å²) in [5.41, 5.74) is 0.535. The fraction of sp³-hybridized carbons (Fsp3) is 0.941. The van der Waals surface area contributed by atoms with Crippen molar-refractivity contribution in [2.75, 3.05) is 0 Å². The molecule has 5 atom stereocenters. The van der Waals surface area contributed by atoms with Gasteiger partial charge >= 0.3 is 0 Å². The largest absolute Gasteiger partial charge is 0.299 e. The van der Waals surface area contributed by atoms with E-state index >= 15 is 0 Å². The number of Topliss-reactive ketones (excluding diaryl/α,β-unsaturated/α-hetero) is 1. The zero-order valence-corrected chi connectivity index (χ0v) is 12.5. The van der Waals surface area contributed by atoms with Gasteiger partial charge in [-0.05, 0) is 61.2 Å². The molecule has 0 heterocycles. The van der Waals surface area contributed by atoms with E-state index in [0.29, 0.717) is 17.1 Å². The van der Waals surface area contributed by atoms with Gasteiger partial charge in [0.25, 0.3) is 0 Å². The smallest absolute Gasteiger partial charge is 0.139 e. The van der Waals surface area contributed by atoms with Gasteiger partial charge in [-0.3, -0.25) is 4.79 Å². The van der Waals surface area contributed by atoms with Crippen molar-refractivity contribution in [3.05, 3.63) is 0 Å². The summed E-state index contributed by atoms with van der Waals surface area (Å²) in [6.45, 7) is 9.67. The summed E-state index contributed by atoms with van der Waals surface area (Å²) >= 11 is 0. The number of rotatable bonds is 0. The molecule has 18 heavy (non-hydrogen) atoms. The lowest BCUT2D eigenvalue weighted by molar-refractivity contribution is -0.134. The van der Waals surface area contributed by atoms with Crippen LogP contribution in [0.25, 0.3) is 0 Å². The van der Waals surface area contributed by atoms with Gasteiger partial charge in [0.05, 0.1) is 0 Å². The van der Waals surface area contributed by atoms with Crippen LogP contribution in [0.4, 0.5) is 0 Å². The first-order valence-electron chi connectivity index (χ1n) is 7.90. The third-order valence-electron chi connectivity index (χ3n) is 7.30. The average molecular weight is 248 g/mol. The van der Waals surface area contributed by atoms with E-state index in [1.165, 1.54) is 25.7 Å². The predicted octanol–water partition coefficient (Wildman–Crippen LogP) is 4.45. The van der Waals surface area contributed by atoms with Crippen LogP contribution in [-0.4, -0.2) is 5.78 Å². The summed E-state index contributed by atoms with van der Waals surface area (Å²) in [7, 11) is 0. The highest BCUT2D eigenvalue weighted by molar-refractivity contribution is 5.87. The normalized spacial score (nSPS) is 50.8. The number of carbonyl (C=O) groups excluding carboxylic acids is 1. The summed E-state index contributed by atoms with van der Waals surface area (Å²) < 4.78 is 0. The molecule has 3 rings (SSSR count). The fourth-order valence-electron chi connectivity index (χ4n) is 5.56. The zero-order chi connectivity index (χ0) is 13.1. The molecule has 3 fully saturated rings. The Morgan fingerprint density at radius 1 is 1.00 bits per heavy atom. The highest BCUT2D eigenvalue weighted by Crippen LogP contribution is 2.62. The first-order chi connectivity index (χ1) is 8.37. The summed E-state index contributed by atoms with van der Waals surface area (Å²) in [6.07, 6.45) is 7.24. The maximum atomic E-state index is 12.2. The minimum atomic E-state index is 0.0534. The van der Waals surface area contributed by atoms with Crippen molar-refractivity contribution in [2.24, 2.45) is 34.5 Å². The zero-order valence-electron chi connectivity index (χ0n) is 12.5. The van der Waals surface area contributed by atoms with Crippen LogP contribution in [0.15, 0.2) is 0 Å². The van der Waals surface area contributed by atoms with E-state index in [4.69, 9.17) is 0 Å². The Morgan fingerprint density at radius 3 is 2.44 bits per heavy atom. The van der Waals surface area contributed by atoms with Gasteiger partial charge in [0.15, 0.2) is 0 Å². The van der Waals surface area contributed by atoms with Gasteiger partial charge in [-0.2, -0.15) is 0 Å². The second kappa shape index (κ2) is 3.84. The van der Waals surface area contributed by atoms with E-state index in [-0.39, 0.29) is 5.41 Å². The second-order valence-corrected chi connectivity index (χ2v) is 8.09. The van der Waals surface area contributed by atoms with E-state index in [1.807, 2.05) is 0 Å². The van der Waals surface area contributed by atoms with Crippen molar-refractivity contribution in [1.29, 1.82) is 0 Å². The quantitative estimate of drug-likeness (QED) is 0.619. The molecular weight excluding hydrogens is 220 g/mol. The van der Waals surface area contributed by atoms with Crippen molar-refractivity contribution >= 4 is 5.78 Å². The Bertz CT molecular complexity index is 370. The monoisotopic (exact) mass is 248 g/mol. The van der Waals surface area contributed by atoms with Crippen molar-refractivity contribution in [1.82, 2.24) is 0 Å². The molecule has 0 bridgehead atoms. The van der Waals surface area contributed by atoms with Gasteiger partial charge in [-0.15, -0.1) is 0 Å². The number of hydrogen-bond donors (Lipinski definition) is 0. The van der Waals surface area contributed by atoms with Crippen LogP contribution >= 0.6 is 0 Å². The van der Waals surface area contributed by atoms with Crippen molar-refractivity contribution in [2.45, 2.75) is 66.2 Å². The summed E-state index contributed by atoms with van der Waals surface area (Å²) in [6, 6.07) is 0. The molecule has 5 unspecified atom stereocenters. The maximum absolute atomic E-state index is 12.2. The van der Waals surface area contributed by atoms with Crippen LogP contribution in [0.1, 0.15) is 66.2 Å². The molecule has 1 nitrogen and oxygen atoms in total. The Balaban J connectivity index is 1.92. The molecule has 0 spiro atoms. The van der Waals surface area contributed by atoms with Crippen LogP contribution in [0.5, 0.6) is 0 Å². The standard InChI is InChI=1S/C17H28O/c1-11-5-6-12-13(16(11,2)3)9-10-17(4)14(12)7-8-15(17)18/h11-14H,5-10H2,1-4H3. The number of carbonyl (C=O) groups is 1. The van der Waals surface area contributed by atoms with E-state index < -0.39 is 0 Å². The molecule has 102 valence electrons. The van der Waals surface area contributed by atoms with E-state index in [2.05, 4.69) is 27.7 Å². The van der Waals surface area contributed by atoms with Crippen LogP contribution in [0.2, 0.25) is 0 Å². The lowest BCUT2D eigenvalue weighted by Crippen LogP contribution is -2.50. The van der Waals surface area contributed by atoms with E-state index in [1.54, 1.807) is 0 Å². The molecule has 0 aliphatic heterocycles. The SMILES string of the molecule is CC1CCC2C3CCC(=O)C3(C)CCC2C1(C)C. The number of hydrogen-bond acceptors (Lipinski definition) is 1. The Morgan fingerprint density at radius 2 is 1.72 bits per heavy atom. The van der Waals surface area contributed by atoms with Gasteiger partial charge in [0, 0.05) is 11.8 Å². The average Bonchev–Trinajstić information content (AvgIpc) is 2.61. The van der Waals surface area contributed by atoms with Crippen molar-refractivity contribution in [3.63, 3.8) is 0 Å². The number of fused-ring (bicyclic) bond motifs is 3. The molecule has 3 aliphatic carbocycles. The Labute approximate surface area is 112 Å². The minimum absolute atomic E-state index is 0.0534. The van der Waals surface area contributed by atoms with Gasteiger partial charge in [-0.25, -0.2) is 0 Å². The second-order valence-electron chi connectivity index (χ2n) is 8.09. The first kappa shape index (κ1) is 12.7. The summed E-state index contributed by atoms with van der Waals surface area (Å²) in [5, 5.41) is 0. The van der Waals surface area contributed by atoms with Gasteiger partial charge in [0.2, 0.25) is 0 Å².